The van der Waals surface area contributed by atoms with Crippen LogP contribution in [0, 0.1) is 6.92 Å². The molecule has 0 atom stereocenters. The molecule has 3 aromatic carbocycles. The number of halogens is 1. The third-order valence-electron chi connectivity index (χ3n) is 3.55. The van der Waals surface area contributed by atoms with Crippen molar-refractivity contribution in [2.45, 2.75) is 13.5 Å². The predicted octanol–water partition coefficient (Wildman–Crippen LogP) is 6.00. The maximum absolute atomic E-state index is 5.89. The van der Waals surface area contributed by atoms with Gasteiger partial charge in [-0.25, -0.2) is 0 Å². The molecule has 1 nitrogen and oxygen atoms in total. The zero-order chi connectivity index (χ0) is 15.4. The third-order valence-corrected chi connectivity index (χ3v) is 4.17. The topological polar surface area (TPSA) is 9.23 Å². The van der Waals surface area contributed by atoms with Gasteiger partial charge in [-0.1, -0.05) is 66.2 Å². The number of benzene rings is 3. The number of hydrogen-bond donors (Lipinski definition) is 0. The van der Waals surface area contributed by atoms with E-state index >= 15 is 0 Å². The van der Waals surface area contributed by atoms with Gasteiger partial charge < -0.3 is 4.74 Å². The van der Waals surface area contributed by atoms with Crippen LogP contribution in [0.2, 0.25) is 0 Å². The summed E-state index contributed by atoms with van der Waals surface area (Å²) >= 11 is 3.61. The summed E-state index contributed by atoms with van der Waals surface area (Å²) in [6, 6.07) is 24.9. The molecule has 0 saturated heterocycles. The second-order valence-electron chi connectivity index (χ2n) is 5.29. The largest absolute Gasteiger partial charge is 0.488 e. The number of aryl methyl sites for hydroxylation is 1. The minimum Gasteiger partial charge on any atom is -0.488 e. The summed E-state index contributed by atoms with van der Waals surface area (Å²) in [6.45, 7) is 2.67. The van der Waals surface area contributed by atoms with E-state index in [-0.39, 0.29) is 0 Å². The van der Waals surface area contributed by atoms with Gasteiger partial charge in [-0.05, 0) is 51.7 Å². The zero-order valence-electron chi connectivity index (χ0n) is 12.4. The average molecular weight is 353 g/mol. The molecule has 0 radical (unpaired) electrons. The fraction of sp³-hybridized carbons (Fsp3) is 0.100. The van der Waals surface area contributed by atoms with Crippen LogP contribution in [-0.4, -0.2) is 0 Å². The molecule has 0 aliphatic carbocycles. The Morgan fingerprint density at radius 3 is 2.18 bits per heavy atom. The Morgan fingerprint density at radius 1 is 0.818 bits per heavy atom. The van der Waals surface area contributed by atoms with Gasteiger partial charge in [0.05, 0.1) is 4.47 Å². The van der Waals surface area contributed by atoms with Crippen LogP contribution in [0.15, 0.2) is 77.3 Å². The Kier molecular flexibility index (Phi) is 4.59. The average Bonchev–Trinajstić information content (AvgIpc) is 2.55. The second kappa shape index (κ2) is 6.80. The van der Waals surface area contributed by atoms with Crippen LogP contribution in [0.3, 0.4) is 0 Å². The van der Waals surface area contributed by atoms with Crippen molar-refractivity contribution in [2.75, 3.05) is 0 Å². The van der Waals surface area contributed by atoms with E-state index in [1.807, 2.05) is 24.3 Å². The standard InChI is InChI=1S/C20H17BrO/c1-15-7-9-17(10-8-15)18-11-12-20(19(21)13-18)22-14-16-5-3-2-4-6-16/h2-13H,14H2,1H3. The first-order valence-corrected chi connectivity index (χ1v) is 8.05. The van der Waals surface area contributed by atoms with Crippen molar-refractivity contribution in [3.05, 3.63) is 88.4 Å². The molecular formula is C20H17BrO. The number of ether oxygens (including phenoxy) is 1. The fourth-order valence-corrected chi connectivity index (χ4v) is 2.77. The summed E-state index contributed by atoms with van der Waals surface area (Å²) in [5, 5.41) is 0. The molecule has 0 N–H and O–H groups in total. The number of hydrogen-bond acceptors (Lipinski definition) is 1. The van der Waals surface area contributed by atoms with Crippen molar-refractivity contribution < 1.29 is 4.74 Å². The first-order chi connectivity index (χ1) is 10.7. The van der Waals surface area contributed by atoms with Crippen molar-refractivity contribution in [3.63, 3.8) is 0 Å². The summed E-state index contributed by atoms with van der Waals surface area (Å²) < 4.78 is 6.86. The minimum absolute atomic E-state index is 0.573. The van der Waals surface area contributed by atoms with Crippen LogP contribution < -0.4 is 4.74 Å². The SMILES string of the molecule is Cc1ccc(-c2ccc(OCc3ccccc3)c(Br)c2)cc1. The predicted molar refractivity (Wildman–Crippen MR) is 95.1 cm³/mol. The van der Waals surface area contributed by atoms with Crippen LogP contribution in [0.1, 0.15) is 11.1 Å². The van der Waals surface area contributed by atoms with E-state index in [0.717, 1.165) is 15.8 Å². The summed E-state index contributed by atoms with van der Waals surface area (Å²) in [6.07, 6.45) is 0. The van der Waals surface area contributed by atoms with Gasteiger partial charge in [0, 0.05) is 0 Å². The monoisotopic (exact) mass is 352 g/mol. The summed E-state index contributed by atoms with van der Waals surface area (Å²) in [5.74, 6) is 0.861. The molecule has 0 heterocycles. The molecule has 22 heavy (non-hydrogen) atoms. The molecule has 3 aromatic rings. The van der Waals surface area contributed by atoms with E-state index in [0.29, 0.717) is 6.61 Å². The van der Waals surface area contributed by atoms with Crippen LogP contribution in [-0.2, 0) is 6.61 Å². The number of rotatable bonds is 4. The van der Waals surface area contributed by atoms with Gasteiger partial charge in [0.15, 0.2) is 0 Å². The molecule has 110 valence electrons. The molecule has 0 spiro atoms. The van der Waals surface area contributed by atoms with E-state index in [4.69, 9.17) is 4.74 Å². The second-order valence-corrected chi connectivity index (χ2v) is 6.14. The molecule has 0 amide bonds. The molecular weight excluding hydrogens is 336 g/mol. The molecule has 0 aliphatic rings. The highest BCUT2D eigenvalue weighted by atomic mass is 79.9. The molecule has 2 heteroatoms. The van der Waals surface area contributed by atoms with Gasteiger partial charge in [-0.15, -0.1) is 0 Å². The highest BCUT2D eigenvalue weighted by Gasteiger charge is 2.05. The van der Waals surface area contributed by atoms with Crippen LogP contribution in [0.5, 0.6) is 5.75 Å². The Hall–Kier alpha value is -2.06. The summed E-state index contributed by atoms with van der Waals surface area (Å²) in [4.78, 5) is 0. The molecule has 0 aromatic heterocycles. The molecule has 0 fully saturated rings. The maximum atomic E-state index is 5.89. The first-order valence-electron chi connectivity index (χ1n) is 7.26. The smallest absolute Gasteiger partial charge is 0.134 e. The highest BCUT2D eigenvalue weighted by molar-refractivity contribution is 9.10. The third kappa shape index (κ3) is 3.58. The Labute approximate surface area is 139 Å². The van der Waals surface area contributed by atoms with Crippen LogP contribution >= 0.6 is 15.9 Å². The zero-order valence-corrected chi connectivity index (χ0v) is 14.0. The lowest BCUT2D eigenvalue weighted by molar-refractivity contribution is 0.304. The lowest BCUT2D eigenvalue weighted by Crippen LogP contribution is -1.95. The molecule has 0 saturated carbocycles. The highest BCUT2D eigenvalue weighted by Crippen LogP contribution is 2.31. The molecule has 0 aliphatic heterocycles. The minimum atomic E-state index is 0.573. The molecule has 0 bridgehead atoms. The van der Waals surface area contributed by atoms with Gasteiger partial charge >= 0.3 is 0 Å². The Bertz CT molecular complexity index is 748. The van der Waals surface area contributed by atoms with E-state index in [2.05, 4.69) is 71.4 Å². The summed E-state index contributed by atoms with van der Waals surface area (Å²) in [7, 11) is 0. The van der Waals surface area contributed by atoms with Gasteiger partial charge in [-0.3, -0.25) is 0 Å². The van der Waals surface area contributed by atoms with Crippen molar-refractivity contribution in [3.8, 4) is 16.9 Å². The Morgan fingerprint density at radius 2 is 1.50 bits per heavy atom. The van der Waals surface area contributed by atoms with Crippen molar-refractivity contribution >= 4 is 15.9 Å². The van der Waals surface area contributed by atoms with Crippen LogP contribution in [0.25, 0.3) is 11.1 Å². The van der Waals surface area contributed by atoms with E-state index in [1.54, 1.807) is 0 Å². The first kappa shape index (κ1) is 14.9. The fourth-order valence-electron chi connectivity index (χ4n) is 2.28. The van der Waals surface area contributed by atoms with Crippen LogP contribution in [0.4, 0.5) is 0 Å². The lowest BCUT2D eigenvalue weighted by atomic mass is 10.0. The quantitative estimate of drug-likeness (QED) is 0.559. The van der Waals surface area contributed by atoms with Gasteiger partial charge in [0.25, 0.3) is 0 Å². The molecule has 0 unspecified atom stereocenters. The summed E-state index contributed by atoms with van der Waals surface area (Å²) in [5.41, 5.74) is 4.82. The van der Waals surface area contributed by atoms with E-state index in [1.165, 1.54) is 16.7 Å². The maximum Gasteiger partial charge on any atom is 0.134 e. The normalized spacial score (nSPS) is 10.5. The van der Waals surface area contributed by atoms with Crippen molar-refractivity contribution in [1.29, 1.82) is 0 Å². The van der Waals surface area contributed by atoms with Gasteiger partial charge in [0.2, 0.25) is 0 Å². The Balaban J connectivity index is 1.76. The van der Waals surface area contributed by atoms with E-state index in [9.17, 15) is 0 Å². The van der Waals surface area contributed by atoms with Gasteiger partial charge in [0.1, 0.15) is 12.4 Å². The molecule has 3 rings (SSSR count). The van der Waals surface area contributed by atoms with Gasteiger partial charge in [-0.2, -0.15) is 0 Å². The van der Waals surface area contributed by atoms with Crippen molar-refractivity contribution in [1.82, 2.24) is 0 Å². The van der Waals surface area contributed by atoms with Crippen molar-refractivity contribution in [2.24, 2.45) is 0 Å². The lowest BCUT2D eigenvalue weighted by Gasteiger charge is -2.10. The van der Waals surface area contributed by atoms with E-state index < -0.39 is 0 Å².